The van der Waals surface area contributed by atoms with Gasteiger partial charge in [-0.3, -0.25) is 10.1 Å². The molecule has 0 saturated heterocycles. The molecule has 6 rings (SSSR count). The van der Waals surface area contributed by atoms with Gasteiger partial charge in [-0.25, -0.2) is 0 Å². The smallest absolute Gasteiger partial charge is 0.269 e. The minimum atomic E-state index is -0.427. The fourth-order valence-corrected chi connectivity index (χ4v) is 4.91. The molecule has 1 aliphatic rings. The van der Waals surface area contributed by atoms with Crippen LogP contribution in [0.4, 0.5) is 5.69 Å². The maximum Gasteiger partial charge on any atom is 0.269 e. The lowest BCUT2D eigenvalue weighted by molar-refractivity contribution is -0.384. The molecule has 0 radical (unpaired) electrons. The predicted octanol–water partition coefficient (Wildman–Crippen LogP) is 6.52. The Morgan fingerprint density at radius 2 is 1.63 bits per heavy atom. The predicted molar refractivity (Wildman–Crippen MR) is 145 cm³/mol. The highest BCUT2D eigenvalue weighted by molar-refractivity contribution is 8.04. The fraction of sp³-hybridized carbons (Fsp3) is 0.0357. The van der Waals surface area contributed by atoms with Gasteiger partial charge in [0.05, 0.1) is 12.0 Å². The molecular formula is C28H19N5O4S. The number of thioether (sulfide) groups is 1. The number of non-ortho nitro benzene ring substituents is 1. The van der Waals surface area contributed by atoms with Gasteiger partial charge >= 0.3 is 0 Å². The molecule has 5 aromatic rings. The first kappa shape index (κ1) is 23.4. The lowest BCUT2D eigenvalue weighted by atomic mass is 10.1. The van der Waals surface area contributed by atoms with Gasteiger partial charge in [0.1, 0.15) is 23.0 Å². The van der Waals surface area contributed by atoms with E-state index in [1.54, 1.807) is 23.9 Å². The zero-order chi connectivity index (χ0) is 26.1. The number of methoxy groups -OCH3 is 1. The summed E-state index contributed by atoms with van der Waals surface area (Å²) in [5.74, 6) is 2.61. The lowest BCUT2D eigenvalue weighted by Gasteiger charge is -2.17. The number of nitro groups is 1. The van der Waals surface area contributed by atoms with Crippen LogP contribution in [0.2, 0.25) is 0 Å². The molecule has 1 aliphatic heterocycles. The number of fused-ring (bicyclic) bond motifs is 1. The van der Waals surface area contributed by atoms with Crippen molar-refractivity contribution < 1.29 is 14.1 Å². The number of nitrogens with zero attached hydrogens (tertiary/aromatic N) is 5. The molecule has 0 bridgehead atoms. The third-order valence-electron chi connectivity index (χ3n) is 5.90. The Morgan fingerprint density at radius 1 is 0.895 bits per heavy atom. The van der Waals surface area contributed by atoms with Crippen molar-refractivity contribution in [3.05, 3.63) is 117 Å². The number of ether oxygens (including phenoxy) is 1. The molecule has 38 heavy (non-hydrogen) atoms. The van der Waals surface area contributed by atoms with Crippen LogP contribution in [0, 0.1) is 10.1 Å². The number of benzene rings is 3. The second-order valence-corrected chi connectivity index (χ2v) is 9.29. The molecule has 0 aliphatic carbocycles. The van der Waals surface area contributed by atoms with E-state index in [0.29, 0.717) is 22.5 Å². The summed E-state index contributed by atoms with van der Waals surface area (Å²) >= 11 is 1.44. The first-order valence-electron chi connectivity index (χ1n) is 11.6. The fourth-order valence-electron chi connectivity index (χ4n) is 3.99. The van der Waals surface area contributed by atoms with E-state index in [0.717, 1.165) is 33.1 Å². The summed E-state index contributed by atoms with van der Waals surface area (Å²) in [5.41, 5.74) is 3.31. The molecule has 0 atom stereocenters. The Morgan fingerprint density at radius 3 is 2.34 bits per heavy atom. The number of furan rings is 1. The second kappa shape index (κ2) is 9.83. The van der Waals surface area contributed by atoms with Crippen LogP contribution >= 0.6 is 11.8 Å². The highest BCUT2D eigenvalue weighted by Crippen LogP contribution is 2.37. The van der Waals surface area contributed by atoms with Crippen molar-refractivity contribution in [1.29, 1.82) is 0 Å². The zero-order valence-corrected chi connectivity index (χ0v) is 20.8. The molecule has 3 aromatic carbocycles. The molecule has 0 N–H and O–H groups in total. The van der Waals surface area contributed by atoms with Crippen LogP contribution in [0.3, 0.4) is 0 Å². The number of aromatic nitrogens is 3. The van der Waals surface area contributed by atoms with Crippen LogP contribution in [-0.4, -0.2) is 32.6 Å². The lowest BCUT2D eigenvalue weighted by Crippen LogP contribution is -2.12. The summed E-state index contributed by atoms with van der Waals surface area (Å²) < 4.78 is 13.2. The van der Waals surface area contributed by atoms with Gasteiger partial charge in [0.2, 0.25) is 5.16 Å². The Bertz CT molecular complexity index is 1690. The average Bonchev–Trinajstić information content (AvgIpc) is 3.60. The topological polar surface area (TPSA) is 109 Å². The van der Waals surface area contributed by atoms with Gasteiger partial charge in [-0.1, -0.05) is 30.3 Å². The maximum absolute atomic E-state index is 11.0. The zero-order valence-electron chi connectivity index (χ0n) is 20.0. The van der Waals surface area contributed by atoms with Crippen molar-refractivity contribution >= 4 is 29.2 Å². The van der Waals surface area contributed by atoms with E-state index in [4.69, 9.17) is 14.3 Å². The van der Waals surface area contributed by atoms with E-state index in [9.17, 15) is 10.1 Å². The minimum absolute atomic E-state index is 0.0283. The summed E-state index contributed by atoms with van der Waals surface area (Å²) in [6.07, 6.45) is 1.91. The average molecular weight is 522 g/mol. The van der Waals surface area contributed by atoms with Crippen molar-refractivity contribution in [2.45, 2.75) is 5.16 Å². The molecule has 0 spiro atoms. The van der Waals surface area contributed by atoms with Crippen LogP contribution in [0.1, 0.15) is 11.3 Å². The van der Waals surface area contributed by atoms with Crippen LogP contribution < -0.4 is 4.74 Å². The van der Waals surface area contributed by atoms with Gasteiger partial charge in [-0.05, 0) is 66.4 Å². The molecular weight excluding hydrogens is 502 g/mol. The maximum atomic E-state index is 11.0. The molecule has 0 fully saturated rings. The van der Waals surface area contributed by atoms with Crippen molar-refractivity contribution in [3.8, 4) is 28.5 Å². The van der Waals surface area contributed by atoms with Crippen LogP contribution in [0.15, 0.2) is 111 Å². The van der Waals surface area contributed by atoms with Crippen molar-refractivity contribution in [1.82, 2.24) is 14.9 Å². The monoisotopic (exact) mass is 521 g/mol. The Hall–Kier alpha value is -4.96. The SMILES string of the molecule is COc1ccc(C2=Nn3c(nnc3-c3ccccc3)S/C2=C\c2ccc(-c3ccc([N+](=O)[O-])cc3)o2)cc1. The molecule has 0 amide bonds. The number of allylic oxidation sites excluding steroid dienone is 1. The van der Waals surface area contributed by atoms with Gasteiger partial charge in [-0.2, -0.15) is 9.78 Å². The van der Waals surface area contributed by atoms with Crippen LogP contribution in [0.25, 0.3) is 28.8 Å². The molecule has 0 unspecified atom stereocenters. The number of hydrogen-bond donors (Lipinski definition) is 0. The highest BCUT2D eigenvalue weighted by Gasteiger charge is 2.25. The Labute approximate surface area is 221 Å². The summed E-state index contributed by atoms with van der Waals surface area (Å²) in [4.78, 5) is 11.4. The minimum Gasteiger partial charge on any atom is -0.497 e. The first-order valence-corrected chi connectivity index (χ1v) is 12.4. The Balaban J connectivity index is 1.40. The Kier molecular flexibility index (Phi) is 6.06. The third kappa shape index (κ3) is 4.48. The summed E-state index contributed by atoms with van der Waals surface area (Å²) in [6, 6.07) is 27.4. The van der Waals surface area contributed by atoms with Crippen LogP contribution in [-0.2, 0) is 0 Å². The molecule has 3 heterocycles. The van der Waals surface area contributed by atoms with Gasteiger partial charge in [0.15, 0.2) is 5.82 Å². The number of hydrogen-bond acceptors (Lipinski definition) is 8. The largest absolute Gasteiger partial charge is 0.497 e. The third-order valence-corrected chi connectivity index (χ3v) is 6.87. The van der Waals surface area contributed by atoms with Gasteiger partial charge < -0.3 is 9.15 Å². The van der Waals surface area contributed by atoms with E-state index in [2.05, 4.69) is 10.2 Å². The van der Waals surface area contributed by atoms with Gasteiger partial charge in [0.25, 0.3) is 5.69 Å². The summed E-state index contributed by atoms with van der Waals surface area (Å²) in [5, 5.41) is 25.3. The summed E-state index contributed by atoms with van der Waals surface area (Å²) in [7, 11) is 1.63. The van der Waals surface area contributed by atoms with Gasteiger partial charge in [0, 0.05) is 33.7 Å². The highest BCUT2D eigenvalue weighted by atomic mass is 32.2. The van der Waals surface area contributed by atoms with Crippen LogP contribution in [0.5, 0.6) is 5.75 Å². The van der Waals surface area contributed by atoms with Gasteiger partial charge in [-0.15, -0.1) is 10.2 Å². The molecule has 9 nitrogen and oxygen atoms in total. The van der Waals surface area contributed by atoms with Crippen molar-refractivity contribution in [3.63, 3.8) is 0 Å². The number of nitro benzene ring substituents is 1. The molecule has 10 heteroatoms. The standard InChI is InChI=1S/C28H19N5O4S/c1-36-22-13-9-19(10-14-22)26-25(38-28-30-29-27(32(28)31-26)20-5-3-2-4-6-20)17-23-15-16-24(37-23)18-7-11-21(12-8-18)33(34)35/h2-17H,1H3/b25-17-. The molecule has 186 valence electrons. The van der Waals surface area contributed by atoms with E-state index < -0.39 is 4.92 Å². The normalized spacial score (nSPS) is 13.7. The van der Waals surface area contributed by atoms with E-state index in [-0.39, 0.29) is 5.69 Å². The van der Waals surface area contributed by atoms with Crippen molar-refractivity contribution in [2.24, 2.45) is 5.10 Å². The number of rotatable bonds is 6. The van der Waals surface area contributed by atoms with E-state index in [1.165, 1.54) is 23.9 Å². The van der Waals surface area contributed by atoms with E-state index in [1.807, 2.05) is 72.8 Å². The summed E-state index contributed by atoms with van der Waals surface area (Å²) in [6.45, 7) is 0. The molecule has 0 saturated carbocycles. The van der Waals surface area contributed by atoms with E-state index >= 15 is 0 Å². The first-order chi connectivity index (χ1) is 18.6. The van der Waals surface area contributed by atoms with Crippen molar-refractivity contribution in [2.75, 3.05) is 7.11 Å². The second-order valence-electron chi connectivity index (χ2n) is 8.28. The molecule has 2 aromatic heterocycles. The quantitative estimate of drug-likeness (QED) is 0.185.